The third-order valence-corrected chi connectivity index (χ3v) is 7.45. The second kappa shape index (κ2) is 9.59. The molecule has 0 aliphatic carbocycles. The van der Waals surface area contributed by atoms with Gasteiger partial charge in [0.1, 0.15) is 4.90 Å². The molecule has 0 fully saturated rings. The van der Waals surface area contributed by atoms with Crippen LogP contribution in [0.4, 0.5) is 5.69 Å². The average molecular weight is 465 g/mol. The molecular weight excluding hydrogens is 444 g/mol. The molecule has 158 valence electrons. The lowest BCUT2D eigenvalue weighted by Gasteiger charge is -2.25. The highest BCUT2D eigenvalue weighted by molar-refractivity contribution is 7.92. The van der Waals surface area contributed by atoms with E-state index in [0.29, 0.717) is 11.4 Å². The molecule has 0 aliphatic heterocycles. The van der Waals surface area contributed by atoms with E-state index in [1.807, 2.05) is 5.38 Å². The van der Waals surface area contributed by atoms with E-state index < -0.39 is 16.0 Å². The molecule has 1 heterocycles. The van der Waals surface area contributed by atoms with Crippen molar-refractivity contribution in [2.75, 3.05) is 11.4 Å². The van der Waals surface area contributed by atoms with Crippen molar-refractivity contribution in [2.45, 2.75) is 31.2 Å². The maximum atomic E-state index is 13.7. The SMILES string of the molecule is CCCc1nc(CN(c2ccccc2Cl)S(=O)(=O)c2ccccc2C(=O)OC)cs1. The highest BCUT2D eigenvalue weighted by Gasteiger charge is 2.31. The number of ether oxygens (including phenoxy) is 1. The largest absolute Gasteiger partial charge is 0.465 e. The summed E-state index contributed by atoms with van der Waals surface area (Å²) in [5.74, 6) is -0.729. The third-order valence-electron chi connectivity index (χ3n) is 4.35. The molecule has 3 aromatic rings. The van der Waals surface area contributed by atoms with Gasteiger partial charge < -0.3 is 4.74 Å². The van der Waals surface area contributed by atoms with Crippen molar-refractivity contribution >= 4 is 44.6 Å². The minimum atomic E-state index is -4.15. The van der Waals surface area contributed by atoms with Crippen LogP contribution >= 0.6 is 22.9 Å². The van der Waals surface area contributed by atoms with E-state index in [-0.39, 0.29) is 22.0 Å². The molecular formula is C21H21ClN2O4S2. The lowest BCUT2D eigenvalue weighted by atomic mass is 10.2. The molecule has 2 aromatic carbocycles. The molecule has 0 unspecified atom stereocenters. The molecule has 0 bridgehead atoms. The number of carbonyl (C=O) groups is 1. The molecule has 0 amide bonds. The zero-order valence-corrected chi connectivity index (χ0v) is 18.9. The van der Waals surface area contributed by atoms with Crippen molar-refractivity contribution in [1.82, 2.24) is 4.98 Å². The number of hydrogen-bond acceptors (Lipinski definition) is 6. The van der Waals surface area contributed by atoms with E-state index in [2.05, 4.69) is 11.9 Å². The summed E-state index contributed by atoms with van der Waals surface area (Å²) in [6.07, 6.45) is 1.78. The first-order valence-corrected chi connectivity index (χ1v) is 12.0. The minimum absolute atomic E-state index is 0.0121. The Morgan fingerprint density at radius 2 is 1.87 bits per heavy atom. The lowest BCUT2D eigenvalue weighted by Crippen LogP contribution is -2.32. The summed E-state index contributed by atoms with van der Waals surface area (Å²) in [5.41, 5.74) is 0.883. The number of benzene rings is 2. The van der Waals surface area contributed by atoms with Crippen LogP contribution in [0.2, 0.25) is 5.02 Å². The van der Waals surface area contributed by atoms with Crippen molar-refractivity contribution in [3.05, 3.63) is 75.2 Å². The predicted octanol–water partition coefficient (Wildman–Crippen LogP) is 4.93. The van der Waals surface area contributed by atoms with Crippen LogP contribution in [-0.4, -0.2) is 26.5 Å². The van der Waals surface area contributed by atoms with Crippen molar-refractivity contribution in [1.29, 1.82) is 0 Å². The minimum Gasteiger partial charge on any atom is -0.465 e. The number of carbonyl (C=O) groups excluding carboxylic acids is 1. The predicted molar refractivity (Wildman–Crippen MR) is 119 cm³/mol. The first-order chi connectivity index (χ1) is 14.4. The van der Waals surface area contributed by atoms with Crippen molar-refractivity contribution < 1.29 is 17.9 Å². The number of nitrogens with zero attached hydrogens (tertiary/aromatic N) is 2. The topological polar surface area (TPSA) is 76.6 Å². The molecule has 0 saturated heterocycles. The third kappa shape index (κ3) is 4.66. The van der Waals surface area contributed by atoms with Crippen molar-refractivity contribution in [2.24, 2.45) is 0 Å². The monoisotopic (exact) mass is 464 g/mol. The van der Waals surface area contributed by atoms with Gasteiger partial charge in [-0.05, 0) is 37.1 Å². The molecule has 0 aliphatic rings. The van der Waals surface area contributed by atoms with Crippen LogP contribution < -0.4 is 4.31 Å². The van der Waals surface area contributed by atoms with Crippen LogP contribution in [0.1, 0.15) is 34.4 Å². The number of thiazole rings is 1. The summed E-state index contributed by atoms with van der Waals surface area (Å²) in [5, 5.41) is 3.07. The van der Waals surface area contributed by atoms with Gasteiger partial charge in [-0.25, -0.2) is 18.2 Å². The van der Waals surface area contributed by atoms with Gasteiger partial charge in [-0.1, -0.05) is 42.8 Å². The van der Waals surface area contributed by atoms with Gasteiger partial charge >= 0.3 is 5.97 Å². The van der Waals surface area contributed by atoms with Crippen molar-refractivity contribution in [3.63, 3.8) is 0 Å². The van der Waals surface area contributed by atoms with Crippen molar-refractivity contribution in [3.8, 4) is 0 Å². The summed E-state index contributed by atoms with van der Waals surface area (Å²) in [6, 6.07) is 12.6. The van der Waals surface area contributed by atoms with Gasteiger partial charge in [0, 0.05) is 5.38 Å². The van der Waals surface area contributed by atoms with Crippen LogP contribution in [0.3, 0.4) is 0 Å². The average Bonchev–Trinajstić information content (AvgIpc) is 3.19. The number of anilines is 1. The first kappa shape index (κ1) is 22.3. The number of halogens is 1. The van der Waals surface area contributed by atoms with E-state index in [0.717, 1.165) is 17.8 Å². The summed E-state index contributed by atoms with van der Waals surface area (Å²) in [6.45, 7) is 2.05. The molecule has 0 radical (unpaired) electrons. The Labute approximate surface area is 185 Å². The smallest absolute Gasteiger partial charge is 0.339 e. The molecule has 0 atom stereocenters. The number of hydrogen-bond donors (Lipinski definition) is 0. The van der Waals surface area contributed by atoms with E-state index in [1.165, 1.54) is 34.9 Å². The van der Waals surface area contributed by atoms with E-state index in [4.69, 9.17) is 16.3 Å². The molecule has 0 saturated carbocycles. The fourth-order valence-electron chi connectivity index (χ4n) is 2.94. The second-order valence-electron chi connectivity index (χ2n) is 6.43. The van der Waals surface area contributed by atoms with E-state index in [1.54, 1.807) is 36.4 Å². The van der Waals surface area contributed by atoms with Crippen LogP contribution in [-0.2, 0) is 27.7 Å². The van der Waals surface area contributed by atoms with E-state index in [9.17, 15) is 13.2 Å². The molecule has 0 N–H and O–H groups in total. The summed E-state index contributed by atoms with van der Waals surface area (Å²) in [4.78, 5) is 16.6. The Morgan fingerprint density at radius 3 is 2.57 bits per heavy atom. The van der Waals surface area contributed by atoms with Gasteiger partial charge in [0.2, 0.25) is 0 Å². The Morgan fingerprint density at radius 1 is 1.17 bits per heavy atom. The van der Waals surface area contributed by atoms with Crippen LogP contribution in [0.5, 0.6) is 0 Å². The van der Waals surface area contributed by atoms with Crippen LogP contribution in [0, 0.1) is 0 Å². The van der Waals surface area contributed by atoms with Gasteiger partial charge in [0.05, 0.1) is 40.6 Å². The number of para-hydroxylation sites is 1. The maximum Gasteiger partial charge on any atom is 0.339 e. The Balaban J connectivity index is 2.12. The number of methoxy groups -OCH3 is 1. The number of rotatable bonds is 8. The Hall–Kier alpha value is -2.42. The van der Waals surface area contributed by atoms with Gasteiger partial charge in [-0.3, -0.25) is 4.31 Å². The summed E-state index contributed by atoms with van der Waals surface area (Å²) in [7, 11) is -2.94. The Bertz CT molecular complexity index is 1150. The summed E-state index contributed by atoms with van der Waals surface area (Å²) >= 11 is 7.84. The second-order valence-corrected chi connectivity index (χ2v) is 9.61. The highest BCUT2D eigenvalue weighted by atomic mass is 35.5. The highest BCUT2D eigenvalue weighted by Crippen LogP contribution is 2.33. The first-order valence-electron chi connectivity index (χ1n) is 9.26. The Kier molecular flexibility index (Phi) is 7.12. The fraction of sp³-hybridized carbons (Fsp3) is 0.238. The normalized spacial score (nSPS) is 11.3. The number of aryl methyl sites for hydroxylation is 1. The zero-order chi connectivity index (χ0) is 21.7. The fourth-order valence-corrected chi connectivity index (χ4v) is 5.76. The molecule has 0 spiro atoms. The van der Waals surface area contributed by atoms with Gasteiger partial charge in [-0.15, -0.1) is 11.3 Å². The number of sulfonamides is 1. The molecule has 3 rings (SSSR count). The van der Waals surface area contributed by atoms with Crippen LogP contribution in [0.25, 0.3) is 0 Å². The van der Waals surface area contributed by atoms with Crippen LogP contribution in [0.15, 0.2) is 58.8 Å². The van der Waals surface area contributed by atoms with E-state index >= 15 is 0 Å². The summed E-state index contributed by atoms with van der Waals surface area (Å²) < 4.78 is 33.4. The molecule has 30 heavy (non-hydrogen) atoms. The van der Waals surface area contributed by atoms with Gasteiger partial charge in [0.25, 0.3) is 10.0 Å². The number of aromatic nitrogens is 1. The maximum absolute atomic E-state index is 13.7. The van der Waals surface area contributed by atoms with Gasteiger partial charge in [-0.2, -0.15) is 0 Å². The number of esters is 1. The molecule has 6 nitrogen and oxygen atoms in total. The standard InChI is InChI=1S/C21H21ClN2O4S2/c1-3-8-20-23-15(14-29-20)13-24(18-11-6-5-10-17(18)22)30(26,27)19-12-7-4-9-16(19)21(25)28-2/h4-7,9-12,14H,3,8,13H2,1-2H3. The lowest BCUT2D eigenvalue weighted by molar-refractivity contribution is 0.0596. The molecule has 9 heteroatoms. The van der Waals surface area contributed by atoms with Gasteiger partial charge in [0.15, 0.2) is 0 Å². The zero-order valence-electron chi connectivity index (χ0n) is 16.5. The quantitative estimate of drug-likeness (QED) is 0.442. The molecule has 1 aromatic heterocycles.